The van der Waals surface area contributed by atoms with Gasteiger partial charge in [0.2, 0.25) is 0 Å². The zero-order chi connectivity index (χ0) is 18.3. The van der Waals surface area contributed by atoms with Crippen LogP contribution in [0.4, 0.5) is 4.48 Å². The summed E-state index contributed by atoms with van der Waals surface area (Å²) in [7, 11) is 0. The summed E-state index contributed by atoms with van der Waals surface area (Å²) in [5.41, 5.74) is 5.91. The lowest BCUT2D eigenvalue weighted by Crippen LogP contribution is -2.37. The standard InChI is InChI=1S/C16H26FN3O4S/c17-20(13-6-9-24-15(13)23)14(22)11-12(21)5-8-16(18-19-16)7-3-1-2-4-10-25/h13,18-19,25H,1-11H2. The molecule has 1 amide bonds. The number of ketones is 1. The molecule has 142 valence electrons. The Balaban J connectivity index is 1.64. The van der Waals surface area contributed by atoms with Crippen LogP contribution in [0.15, 0.2) is 0 Å². The second-order valence-corrected chi connectivity index (χ2v) is 7.06. The van der Waals surface area contributed by atoms with Gasteiger partial charge < -0.3 is 4.74 Å². The topological polar surface area (TPSA) is 108 Å². The number of amides is 1. The second kappa shape index (κ2) is 9.49. The third-order valence-corrected chi connectivity index (χ3v) is 4.91. The average molecular weight is 375 g/mol. The van der Waals surface area contributed by atoms with E-state index in [4.69, 9.17) is 0 Å². The monoisotopic (exact) mass is 375 g/mol. The highest BCUT2D eigenvalue weighted by Crippen LogP contribution is 2.26. The predicted molar refractivity (Wildman–Crippen MR) is 92.1 cm³/mol. The van der Waals surface area contributed by atoms with Gasteiger partial charge >= 0.3 is 5.97 Å². The lowest BCUT2D eigenvalue weighted by molar-refractivity contribution is -0.163. The number of hydrogen-bond acceptors (Lipinski definition) is 7. The van der Waals surface area contributed by atoms with E-state index in [2.05, 4.69) is 28.2 Å². The first-order valence-electron chi connectivity index (χ1n) is 8.79. The van der Waals surface area contributed by atoms with Crippen LogP contribution in [0, 0.1) is 0 Å². The van der Waals surface area contributed by atoms with E-state index in [0.29, 0.717) is 6.42 Å². The van der Waals surface area contributed by atoms with Gasteiger partial charge in [0.1, 0.15) is 5.78 Å². The summed E-state index contributed by atoms with van der Waals surface area (Å²) >= 11 is 4.18. The van der Waals surface area contributed by atoms with E-state index in [1.807, 2.05) is 0 Å². The van der Waals surface area contributed by atoms with E-state index < -0.39 is 24.3 Å². The smallest absolute Gasteiger partial charge is 0.331 e. The fraction of sp³-hybridized carbons (Fsp3) is 0.812. The normalized spacial score (nSPS) is 21.0. The molecule has 0 aromatic heterocycles. The number of halogens is 1. The minimum absolute atomic E-state index is 0.0962. The number of unbranched alkanes of at least 4 members (excludes halogenated alkanes) is 3. The fourth-order valence-electron chi connectivity index (χ4n) is 2.91. The van der Waals surface area contributed by atoms with Crippen molar-refractivity contribution in [1.82, 2.24) is 16.0 Å². The van der Waals surface area contributed by atoms with Gasteiger partial charge in [-0.1, -0.05) is 23.7 Å². The van der Waals surface area contributed by atoms with Gasteiger partial charge in [0, 0.05) is 12.8 Å². The van der Waals surface area contributed by atoms with Crippen molar-refractivity contribution in [3.05, 3.63) is 0 Å². The van der Waals surface area contributed by atoms with E-state index in [-0.39, 0.29) is 36.0 Å². The molecule has 2 rings (SSSR count). The summed E-state index contributed by atoms with van der Waals surface area (Å²) < 4.78 is 18.5. The molecule has 2 saturated heterocycles. The van der Waals surface area contributed by atoms with E-state index in [1.54, 1.807) is 0 Å². The summed E-state index contributed by atoms with van der Waals surface area (Å²) in [6.07, 6.45) is 5.65. The van der Waals surface area contributed by atoms with Gasteiger partial charge in [-0.15, -0.1) is 0 Å². The number of nitrogens with one attached hydrogen (secondary N) is 2. The molecular weight excluding hydrogens is 349 g/mol. The Labute approximate surface area is 152 Å². The first-order valence-corrected chi connectivity index (χ1v) is 9.42. The van der Waals surface area contributed by atoms with Crippen molar-refractivity contribution in [2.45, 2.75) is 69.5 Å². The minimum Gasteiger partial charge on any atom is -0.464 e. The first kappa shape index (κ1) is 20.1. The molecule has 1 unspecified atom stereocenters. The van der Waals surface area contributed by atoms with Crippen LogP contribution in [-0.4, -0.2) is 46.8 Å². The highest BCUT2D eigenvalue weighted by atomic mass is 32.1. The van der Waals surface area contributed by atoms with Gasteiger partial charge in [-0.3, -0.25) is 9.59 Å². The zero-order valence-corrected chi connectivity index (χ0v) is 15.2. The maximum atomic E-state index is 13.9. The zero-order valence-electron chi connectivity index (χ0n) is 14.3. The van der Waals surface area contributed by atoms with E-state index >= 15 is 0 Å². The molecule has 9 heteroatoms. The molecular formula is C16H26FN3O4S. The van der Waals surface area contributed by atoms with E-state index in [0.717, 1.165) is 37.9 Å². The van der Waals surface area contributed by atoms with Crippen molar-refractivity contribution >= 4 is 30.3 Å². The fourth-order valence-corrected chi connectivity index (χ4v) is 3.13. The second-order valence-electron chi connectivity index (χ2n) is 6.61. The summed E-state index contributed by atoms with van der Waals surface area (Å²) in [6, 6.07) is -1.21. The lowest BCUT2D eigenvalue weighted by Gasteiger charge is -2.16. The Kier molecular flexibility index (Phi) is 7.64. The number of thiol groups is 1. The Bertz CT molecular complexity index is 502. The van der Waals surface area contributed by atoms with Gasteiger partial charge in [-0.05, 0) is 25.0 Å². The van der Waals surface area contributed by atoms with Crippen molar-refractivity contribution in [3.63, 3.8) is 0 Å². The van der Waals surface area contributed by atoms with E-state index in [9.17, 15) is 18.9 Å². The number of nitrogens with zero attached hydrogens (tertiary/aromatic N) is 1. The number of cyclic esters (lactones) is 1. The number of rotatable bonds is 12. The molecule has 2 N–H and O–H groups in total. The molecule has 0 bridgehead atoms. The molecule has 0 saturated carbocycles. The van der Waals surface area contributed by atoms with Gasteiger partial charge in [0.05, 0.1) is 18.7 Å². The number of hydrogen-bond donors (Lipinski definition) is 3. The Morgan fingerprint density at radius 2 is 1.96 bits per heavy atom. The summed E-state index contributed by atoms with van der Waals surface area (Å²) in [5, 5.41) is -0.155. The molecule has 7 nitrogen and oxygen atoms in total. The third kappa shape index (κ3) is 6.23. The average Bonchev–Trinajstić information content (AvgIpc) is 3.24. The van der Waals surface area contributed by atoms with Crippen molar-refractivity contribution in [1.29, 1.82) is 0 Å². The number of carbonyl (C=O) groups excluding carboxylic acids is 3. The van der Waals surface area contributed by atoms with Crippen LogP contribution in [-0.2, 0) is 19.1 Å². The maximum absolute atomic E-state index is 13.9. The van der Waals surface area contributed by atoms with Crippen molar-refractivity contribution < 1.29 is 23.6 Å². The minimum atomic E-state index is -1.21. The summed E-state index contributed by atoms with van der Waals surface area (Å²) in [5.74, 6) is -1.17. The van der Waals surface area contributed by atoms with Crippen molar-refractivity contribution in [2.75, 3.05) is 12.4 Å². The Hall–Kier alpha value is -1.19. The SMILES string of the molecule is O=C(CCC1(CCCCCCS)NN1)CC(=O)N(F)C1CCOC1=O. The summed E-state index contributed by atoms with van der Waals surface area (Å²) in [6.45, 7) is 0.0962. The first-order chi connectivity index (χ1) is 12.0. The van der Waals surface area contributed by atoms with Crippen LogP contribution in [0.2, 0.25) is 0 Å². The van der Waals surface area contributed by atoms with Gasteiger partial charge in [0.25, 0.3) is 5.91 Å². The van der Waals surface area contributed by atoms with Crippen LogP contribution >= 0.6 is 12.6 Å². The maximum Gasteiger partial charge on any atom is 0.331 e. The number of Topliss-reactive ketones (excluding diaryl/α,β-unsaturated/α-hetero) is 1. The lowest BCUT2D eigenvalue weighted by atomic mass is 9.98. The Morgan fingerprint density at radius 1 is 1.24 bits per heavy atom. The number of esters is 1. The molecule has 0 radical (unpaired) electrons. The highest BCUT2D eigenvalue weighted by molar-refractivity contribution is 7.80. The highest BCUT2D eigenvalue weighted by Gasteiger charge is 2.41. The van der Waals surface area contributed by atoms with Gasteiger partial charge in [-0.2, -0.15) is 17.8 Å². The predicted octanol–water partition coefficient (Wildman–Crippen LogP) is 1.44. The number of carbonyl (C=O) groups is 3. The van der Waals surface area contributed by atoms with Crippen LogP contribution in [0.3, 0.4) is 0 Å². The molecule has 2 fully saturated rings. The van der Waals surface area contributed by atoms with Gasteiger partial charge in [-0.25, -0.2) is 15.6 Å². The molecule has 2 aliphatic rings. The van der Waals surface area contributed by atoms with Crippen LogP contribution in [0.5, 0.6) is 0 Å². The van der Waals surface area contributed by atoms with Gasteiger partial charge in [0.15, 0.2) is 6.04 Å². The van der Waals surface area contributed by atoms with Crippen molar-refractivity contribution in [2.24, 2.45) is 0 Å². The molecule has 0 aliphatic carbocycles. The quantitative estimate of drug-likeness (QED) is 0.119. The molecule has 2 heterocycles. The number of ether oxygens (including phenoxy) is 1. The number of hydrazine groups is 1. The summed E-state index contributed by atoms with van der Waals surface area (Å²) in [4.78, 5) is 35.0. The molecule has 0 aromatic carbocycles. The molecule has 2 aliphatic heterocycles. The van der Waals surface area contributed by atoms with Crippen LogP contribution < -0.4 is 10.9 Å². The van der Waals surface area contributed by atoms with Crippen molar-refractivity contribution in [3.8, 4) is 0 Å². The van der Waals surface area contributed by atoms with E-state index in [1.165, 1.54) is 0 Å². The molecule has 25 heavy (non-hydrogen) atoms. The molecule has 0 aromatic rings. The third-order valence-electron chi connectivity index (χ3n) is 4.59. The molecule has 1 atom stereocenters. The largest absolute Gasteiger partial charge is 0.464 e. The van der Waals surface area contributed by atoms with Crippen LogP contribution in [0.1, 0.15) is 57.8 Å². The molecule has 0 spiro atoms. The Morgan fingerprint density at radius 3 is 2.56 bits per heavy atom. The van der Waals surface area contributed by atoms with Crippen LogP contribution in [0.25, 0.3) is 0 Å².